The molecule has 0 aliphatic rings. The van der Waals surface area contributed by atoms with Crippen LogP contribution in [0.1, 0.15) is 13.3 Å². The Morgan fingerprint density at radius 1 is 1.67 bits per heavy atom. The molecule has 0 spiro atoms. The molecule has 1 unspecified atom stereocenters. The van der Waals surface area contributed by atoms with Crippen LogP contribution >= 0.6 is 39.0 Å². The molecule has 0 bridgehead atoms. The van der Waals surface area contributed by atoms with Crippen molar-refractivity contribution in [3.8, 4) is 0 Å². The highest BCUT2D eigenvalue weighted by Gasteiger charge is 2.41. The van der Waals surface area contributed by atoms with Gasteiger partial charge in [-0.1, -0.05) is 11.8 Å². The summed E-state index contributed by atoms with van der Waals surface area (Å²) in [6, 6.07) is 1.89. The average Bonchev–Trinajstić information content (AvgIpc) is 2.72. The minimum absolute atomic E-state index is 0.293. The summed E-state index contributed by atoms with van der Waals surface area (Å²) in [6.07, 6.45) is 0.293. The molecule has 1 heterocycles. The van der Waals surface area contributed by atoms with E-state index in [-0.39, 0.29) is 0 Å². The molecule has 1 N–H and O–H groups in total. The molecule has 0 aliphatic heterocycles. The van der Waals surface area contributed by atoms with Crippen molar-refractivity contribution in [1.29, 1.82) is 0 Å². The summed E-state index contributed by atoms with van der Waals surface area (Å²) >= 11 is 6.09. The first-order valence-corrected chi connectivity index (χ1v) is 7.83. The van der Waals surface area contributed by atoms with Gasteiger partial charge in [-0.15, -0.1) is 11.3 Å². The molecule has 0 amide bonds. The number of aliphatic carboxylic acids is 1. The van der Waals surface area contributed by atoms with E-state index in [1.807, 2.05) is 11.4 Å². The van der Waals surface area contributed by atoms with Crippen molar-refractivity contribution in [2.75, 3.05) is 20.3 Å². The van der Waals surface area contributed by atoms with E-state index in [0.29, 0.717) is 19.6 Å². The summed E-state index contributed by atoms with van der Waals surface area (Å²) < 4.78 is 12.2. The van der Waals surface area contributed by atoms with Crippen molar-refractivity contribution in [3.05, 3.63) is 15.9 Å². The Morgan fingerprint density at radius 2 is 2.39 bits per heavy atom. The third kappa shape index (κ3) is 3.96. The third-order valence-electron chi connectivity index (χ3n) is 2.18. The van der Waals surface area contributed by atoms with Gasteiger partial charge in [0.25, 0.3) is 0 Å². The minimum Gasteiger partial charge on any atom is -0.478 e. The highest BCUT2D eigenvalue weighted by Crippen LogP contribution is 2.43. The molecular formula is C11H15BrO4S2. The number of rotatable bonds is 8. The van der Waals surface area contributed by atoms with Crippen molar-refractivity contribution in [2.45, 2.75) is 22.5 Å². The second kappa shape index (κ2) is 7.49. The van der Waals surface area contributed by atoms with Gasteiger partial charge in [-0.25, -0.2) is 4.79 Å². The molecule has 0 aromatic carbocycles. The Morgan fingerprint density at radius 3 is 2.83 bits per heavy atom. The fourth-order valence-electron chi connectivity index (χ4n) is 1.34. The smallest absolute Gasteiger partial charge is 0.347 e. The zero-order valence-corrected chi connectivity index (χ0v) is 13.4. The third-order valence-corrected chi connectivity index (χ3v) is 5.84. The number of ether oxygens (including phenoxy) is 2. The van der Waals surface area contributed by atoms with Gasteiger partial charge >= 0.3 is 5.97 Å². The lowest BCUT2D eigenvalue weighted by Gasteiger charge is -2.27. The van der Waals surface area contributed by atoms with E-state index >= 15 is 0 Å². The number of carboxylic acids is 1. The van der Waals surface area contributed by atoms with Crippen LogP contribution in [0.5, 0.6) is 0 Å². The van der Waals surface area contributed by atoms with Crippen molar-refractivity contribution in [1.82, 2.24) is 0 Å². The van der Waals surface area contributed by atoms with Gasteiger partial charge in [-0.05, 0) is 34.3 Å². The van der Waals surface area contributed by atoms with Gasteiger partial charge in [-0.3, -0.25) is 0 Å². The Labute approximate surface area is 123 Å². The van der Waals surface area contributed by atoms with Gasteiger partial charge in [0, 0.05) is 24.6 Å². The fraction of sp³-hybridized carbons (Fsp3) is 0.545. The van der Waals surface area contributed by atoms with E-state index in [2.05, 4.69) is 15.9 Å². The predicted octanol–water partition coefficient (Wildman–Crippen LogP) is 3.46. The van der Waals surface area contributed by atoms with Gasteiger partial charge in [0.15, 0.2) is 0 Å². The predicted molar refractivity (Wildman–Crippen MR) is 76.4 cm³/mol. The van der Waals surface area contributed by atoms with Gasteiger partial charge in [-0.2, -0.15) is 0 Å². The van der Waals surface area contributed by atoms with Crippen molar-refractivity contribution >= 4 is 45.0 Å². The summed E-state index contributed by atoms with van der Waals surface area (Å²) in [4.78, 5) is 10.2. The average molecular weight is 355 g/mol. The van der Waals surface area contributed by atoms with Crippen LogP contribution in [0.2, 0.25) is 0 Å². The number of thiophene rings is 1. The van der Waals surface area contributed by atoms with Crippen LogP contribution in [-0.4, -0.2) is 36.3 Å². The highest BCUT2D eigenvalue weighted by atomic mass is 79.9. The number of hydrogen-bond acceptors (Lipinski definition) is 5. The summed E-state index contributed by atoms with van der Waals surface area (Å²) in [5, 5.41) is 11.4. The van der Waals surface area contributed by atoms with Crippen LogP contribution in [0.4, 0.5) is 0 Å². The Kier molecular flexibility index (Phi) is 6.65. The number of halogens is 1. The minimum atomic E-state index is -1.29. The largest absolute Gasteiger partial charge is 0.478 e. The maximum absolute atomic E-state index is 11.5. The summed E-state index contributed by atoms with van der Waals surface area (Å²) in [5.41, 5.74) is 0. The molecule has 4 nitrogen and oxygen atoms in total. The molecule has 7 heteroatoms. The lowest BCUT2D eigenvalue weighted by molar-refractivity contribution is -0.155. The molecule has 1 aromatic rings. The molecular weight excluding hydrogens is 340 g/mol. The van der Waals surface area contributed by atoms with Crippen molar-refractivity contribution < 1.29 is 19.4 Å². The molecule has 0 radical (unpaired) electrons. The SMILES string of the molecule is CCOC(CCOC)(Sc1sccc1Br)C(=O)O. The number of methoxy groups -OCH3 is 1. The maximum Gasteiger partial charge on any atom is 0.347 e. The lowest BCUT2D eigenvalue weighted by atomic mass is 10.2. The van der Waals surface area contributed by atoms with Crippen LogP contribution in [0, 0.1) is 0 Å². The first kappa shape index (κ1) is 16.0. The molecule has 1 aromatic heterocycles. The van der Waals surface area contributed by atoms with E-state index in [9.17, 15) is 9.90 Å². The lowest BCUT2D eigenvalue weighted by Crippen LogP contribution is -2.39. The monoisotopic (exact) mass is 354 g/mol. The first-order chi connectivity index (χ1) is 8.55. The number of carboxylic acid groups (broad SMARTS) is 1. The second-order valence-electron chi connectivity index (χ2n) is 3.39. The molecule has 18 heavy (non-hydrogen) atoms. The van der Waals surface area contributed by atoms with Crippen LogP contribution in [-0.2, 0) is 14.3 Å². The molecule has 0 saturated carbocycles. The van der Waals surface area contributed by atoms with E-state index in [4.69, 9.17) is 9.47 Å². The summed E-state index contributed by atoms with van der Waals surface area (Å²) in [7, 11) is 1.55. The topological polar surface area (TPSA) is 55.8 Å². The van der Waals surface area contributed by atoms with Crippen LogP contribution in [0.25, 0.3) is 0 Å². The van der Waals surface area contributed by atoms with Crippen LogP contribution in [0.15, 0.2) is 20.1 Å². The normalized spacial score (nSPS) is 14.4. The van der Waals surface area contributed by atoms with Gasteiger partial charge in [0.05, 0.1) is 10.8 Å². The molecule has 1 rings (SSSR count). The second-order valence-corrected chi connectivity index (χ2v) is 6.69. The summed E-state index contributed by atoms with van der Waals surface area (Å²) in [6.45, 7) is 2.46. The first-order valence-electron chi connectivity index (χ1n) is 5.34. The fourth-order valence-corrected chi connectivity index (χ4v) is 4.35. The Hall–Kier alpha value is -0.0800. The number of thioether (sulfide) groups is 1. The van der Waals surface area contributed by atoms with E-state index in [1.54, 1.807) is 14.0 Å². The zero-order chi connectivity index (χ0) is 13.6. The quantitative estimate of drug-likeness (QED) is 0.572. The molecule has 102 valence electrons. The van der Waals surface area contributed by atoms with Crippen LogP contribution < -0.4 is 0 Å². The highest BCUT2D eigenvalue weighted by molar-refractivity contribution is 9.10. The standard InChI is InChI=1S/C11H15BrO4S2/c1-3-16-11(10(13)14,5-6-15-2)18-9-8(12)4-7-17-9/h4,7H,3,5-6H2,1-2H3,(H,13,14). The van der Waals surface area contributed by atoms with Crippen molar-refractivity contribution in [2.24, 2.45) is 0 Å². The van der Waals surface area contributed by atoms with Crippen LogP contribution in [0.3, 0.4) is 0 Å². The van der Waals surface area contributed by atoms with Gasteiger partial charge < -0.3 is 14.6 Å². The van der Waals surface area contributed by atoms with Gasteiger partial charge in [0.1, 0.15) is 0 Å². The maximum atomic E-state index is 11.5. The number of hydrogen-bond donors (Lipinski definition) is 1. The van der Waals surface area contributed by atoms with Crippen molar-refractivity contribution in [3.63, 3.8) is 0 Å². The molecule has 0 fully saturated rings. The molecule has 0 aliphatic carbocycles. The van der Waals surface area contributed by atoms with E-state index in [0.717, 1.165) is 8.68 Å². The van der Waals surface area contributed by atoms with E-state index in [1.165, 1.54) is 23.1 Å². The summed E-state index contributed by atoms with van der Waals surface area (Å²) in [5.74, 6) is -0.980. The Bertz CT molecular complexity index is 396. The van der Waals surface area contributed by atoms with E-state index < -0.39 is 10.9 Å². The Balaban J connectivity index is 2.94. The molecule has 0 saturated heterocycles. The van der Waals surface area contributed by atoms with Gasteiger partial charge in [0.2, 0.25) is 4.93 Å². The zero-order valence-electron chi connectivity index (χ0n) is 10.1. The number of carbonyl (C=O) groups is 1. The molecule has 1 atom stereocenters.